The van der Waals surface area contributed by atoms with Gasteiger partial charge in [0.1, 0.15) is 17.2 Å². The molecule has 0 radical (unpaired) electrons. The quantitative estimate of drug-likeness (QED) is 0.396. The van der Waals surface area contributed by atoms with Crippen molar-refractivity contribution in [2.45, 2.75) is 17.7 Å². The number of hydrogen-bond acceptors (Lipinski definition) is 7. The van der Waals surface area contributed by atoms with Gasteiger partial charge >= 0.3 is 0 Å². The number of nitrogens with zero attached hydrogens (tertiary/aromatic N) is 4. The Morgan fingerprint density at radius 1 is 1.21 bits per heavy atom. The fraction of sp³-hybridized carbons (Fsp3) is 0.125. The lowest BCUT2D eigenvalue weighted by Crippen LogP contribution is -1.85. The summed E-state index contributed by atoms with van der Waals surface area (Å²) in [5.74, 6) is 1.50. The van der Waals surface area contributed by atoms with Crippen LogP contribution >= 0.6 is 23.1 Å². The summed E-state index contributed by atoms with van der Waals surface area (Å²) in [6.45, 7) is 1.79. The molecule has 3 aromatic heterocycles. The number of aryl methyl sites for hydroxylation is 1. The molecule has 3 heterocycles. The predicted molar refractivity (Wildman–Crippen MR) is 91.4 cm³/mol. The van der Waals surface area contributed by atoms with Gasteiger partial charge in [-0.15, -0.1) is 11.3 Å². The van der Waals surface area contributed by atoms with E-state index in [0.717, 1.165) is 25.7 Å². The summed E-state index contributed by atoms with van der Waals surface area (Å²) in [5.41, 5.74) is 1.83. The van der Waals surface area contributed by atoms with Gasteiger partial charge in [-0.1, -0.05) is 29.1 Å². The van der Waals surface area contributed by atoms with E-state index in [9.17, 15) is 4.39 Å². The lowest BCUT2D eigenvalue weighted by atomic mass is 10.2. The second-order valence-electron chi connectivity index (χ2n) is 5.03. The Morgan fingerprint density at radius 3 is 2.79 bits per heavy atom. The van der Waals surface area contributed by atoms with Crippen LogP contribution in [0.4, 0.5) is 4.39 Å². The Kier molecular flexibility index (Phi) is 3.99. The van der Waals surface area contributed by atoms with Crippen LogP contribution in [-0.4, -0.2) is 20.1 Å². The third-order valence-electron chi connectivity index (χ3n) is 3.31. The second-order valence-corrected chi connectivity index (χ2v) is 7.05. The molecule has 120 valence electrons. The summed E-state index contributed by atoms with van der Waals surface area (Å²) in [5, 5.41) is 4.65. The maximum atomic E-state index is 13.1. The van der Waals surface area contributed by atoms with E-state index in [-0.39, 0.29) is 5.82 Å². The van der Waals surface area contributed by atoms with Crippen molar-refractivity contribution in [3.63, 3.8) is 0 Å². The molecule has 0 fully saturated rings. The molecule has 0 saturated heterocycles. The number of benzene rings is 1. The number of hydrogen-bond donors (Lipinski definition) is 0. The molecule has 5 nitrogen and oxygen atoms in total. The minimum absolute atomic E-state index is 0.245. The Balaban J connectivity index is 1.65. The Morgan fingerprint density at radius 2 is 2.04 bits per heavy atom. The van der Waals surface area contributed by atoms with Crippen molar-refractivity contribution in [3.8, 4) is 10.4 Å². The van der Waals surface area contributed by atoms with Gasteiger partial charge in [0.25, 0.3) is 0 Å². The van der Waals surface area contributed by atoms with Crippen LogP contribution in [0, 0.1) is 12.7 Å². The number of thiophene rings is 1. The topological polar surface area (TPSA) is 64.7 Å². The molecule has 0 amide bonds. The predicted octanol–water partition coefficient (Wildman–Crippen LogP) is 4.48. The molecule has 4 rings (SSSR count). The molecule has 1 aromatic carbocycles. The molecule has 0 aliphatic rings. The summed E-state index contributed by atoms with van der Waals surface area (Å²) >= 11 is 3.12. The van der Waals surface area contributed by atoms with Gasteiger partial charge in [-0.3, -0.25) is 0 Å². The largest absolute Gasteiger partial charge is 0.338 e. The van der Waals surface area contributed by atoms with E-state index in [1.165, 1.54) is 23.9 Å². The lowest BCUT2D eigenvalue weighted by Gasteiger charge is -1.98. The van der Waals surface area contributed by atoms with E-state index in [1.54, 1.807) is 36.7 Å². The molecule has 4 aromatic rings. The van der Waals surface area contributed by atoms with Crippen LogP contribution in [0.2, 0.25) is 0 Å². The van der Waals surface area contributed by atoms with Crippen LogP contribution in [0.25, 0.3) is 20.7 Å². The zero-order valence-corrected chi connectivity index (χ0v) is 14.2. The van der Waals surface area contributed by atoms with Crippen molar-refractivity contribution in [2.24, 2.45) is 0 Å². The number of rotatable bonds is 4. The van der Waals surface area contributed by atoms with Gasteiger partial charge < -0.3 is 4.52 Å². The van der Waals surface area contributed by atoms with Gasteiger partial charge in [-0.05, 0) is 30.7 Å². The van der Waals surface area contributed by atoms with Crippen molar-refractivity contribution in [3.05, 3.63) is 54.2 Å². The minimum Gasteiger partial charge on any atom is -0.338 e. The Labute approximate surface area is 145 Å². The molecular weight excluding hydrogens is 347 g/mol. The number of thioether (sulfide) groups is 1. The number of fused-ring (bicyclic) bond motifs is 1. The molecule has 0 aliphatic heterocycles. The van der Waals surface area contributed by atoms with Crippen LogP contribution in [0.5, 0.6) is 0 Å². The number of aromatic nitrogens is 4. The molecule has 0 N–H and O–H groups in total. The SMILES string of the molecule is Cc1noc(CSc2ncnc3cc(-c4ccc(F)cc4)sc23)n1. The van der Waals surface area contributed by atoms with E-state index in [2.05, 4.69) is 20.1 Å². The Hall–Kier alpha value is -2.32. The highest BCUT2D eigenvalue weighted by molar-refractivity contribution is 7.98. The summed E-state index contributed by atoms with van der Waals surface area (Å²) < 4.78 is 19.2. The summed E-state index contributed by atoms with van der Waals surface area (Å²) in [6, 6.07) is 8.44. The molecule has 0 unspecified atom stereocenters. The van der Waals surface area contributed by atoms with Gasteiger partial charge in [0.2, 0.25) is 5.89 Å². The summed E-state index contributed by atoms with van der Waals surface area (Å²) in [4.78, 5) is 13.9. The van der Waals surface area contributed by atoms with Crippen molar-refractivity contribution in [1.29, 1.82) is 0 Å². The van der Waals surface area contributed by atoms with E-state index in [0.29, 0.717) is 17.5 Å². The van der Waals surface area contributed by atoms with Gasteiger partial charge in [0, 0.05) is 4.88 Å². The smallest absolute Gasteiger partial charge is 0.237 e. The zero-order valence-electron chi connectivity index (χ0n) is 12.6. The standard InChI is InChI=1S/C16H11FN4OS2/c1-9-20-14(22-21-9)7-23-16-15-12(18-8-19-16)6-13(24-15)10-2-4-11(17)5-3-10/h2-6,8H,7H2,1H3. The average Bonchev–Trinajstić information content (AvgIpc) is 3.20. The Bertz CT molecular complexity index is 997. The molecule has 8 heteroatoms. The summed E-state index contributed by atoms with van der Waals surface area (Å²) in [7, 11) is 0. The first kappa shape index (κ1) is 15.2. The zero-order chi connectivity index (χ0) is 16.5. The van der Waals surface area contributed by atoms with E-state index in [1.807, 2.05) is 6.07 Å². The molecule has 0 atom stereocenters. The van der Waals surface area contributed by atoms with E-state index >= 15 is 0 Å². The number of halogens is 1. The van der Waals surface area contributed by atoms with Crippen LogP contribution in [0.15, 0.2) is 46.2 Å². The molecule has 0 bridgehead atoms. The molecule has 0 saturated carbocycles. The van der Waals surface area contributed by atoms with Gasteiger partial charge in [0.15, 0.2) is 5.82 Å². The summed E-state index contributed by atoms with van der Waals surface area (Å²) in [6.07, 6.45) is 1.55. The van der Waals surface area contributed by atoms with Crippen LogP contribution in [0.1, 0.15) is 11.7 Å². The minimum atomic E-state index is -0.245. The first-order valence-corrected chi connectivity index (χ1v) is 8.92. The first-order valence-electron chi connectivity index (χ1n) is 7.11. The third-order valence-corrected chi connectivity index (χ3v) is 5.59. The van der Waals surface area contributed by atoms with Gasteiger partial charge in [0.05, 0.1) is 16.0 Å². The highest BCUT2D eigenvalue weighted by Crippen LogP contribution is 2.37. The third kappa shape index (κ3) is 3.02. The monoisotopic (exact) mass is 358 g/mol. The normalized spacial score (nSPS) is 11.2. The lowest BCUT2D eigenvalue weighted by molar-refractivity contribution is 0.387. The van der Waals surface area contributed by atoms with Crippen LogP contribution < -0.4 is 0 Å². The van der Waals surface area contributed by atoms with Gasteiger partial charge in [-0.25, -0.2) is 14.4 Å². The average molecular weight is 358 g/mol. The fourth-order valence-corrected chi connectivity index (χ4v) is 4.26. The van der Waals surface area contributed by atoms with Crippen molar-refractivity contribution >= 4 is 33.3 Å². The van der Waals surface area contributed by atoms with E-state index in [4.69, 9.17) is 4.52 Å². The molecular formula is C16H11FN4OS2. The molecule has 0 spiro atoms. The van der Waals surface area contributed by atoms with Crippen molar-refractivity contribution < 1.29 is 8.91 Å². The highest BCUT2D eigenvalue weighted by Gasteiger charge is 2.12. The second kappa shape index (κ2) is 6.29. The molecule has 24 heavy (non-hydrogen) atoms. The first-order chi connectivity index (χ1) is 11.7. The maximum Gasteiger partial charge on any atom is 0.237 e. The molecule has 0 aliphatic carbocycles. The highest BCUT2D eigenvalue weighted by atomic mass is 32.2. The van der Waals surface area contributed by atoms with Crippen molar-refractivity contribution in [2.75, 3.05) is 0 Å². The van der Waals surface area contributed by atoms with Crippen molar-refractivity contribution in [1.82, 2.24) is 20.1 Å². The maximum absolute atomic E-state index is 13.1. The van der Waals surface area contributed by atoms with Gasteiger partial charge in [-0.2, -0.15) is 4.98 Å². The van der Waals surface area contributed by atoms with E-state index < -0.39 is 0 Å². The van der Waals surface area contributed by atoms with Crippen LogP contribution in [0.3, 0.4) is 0 Å². The van der Waals surface area contributed by atoms with Crippen LogP contribution in [-0.2, 0) is 5.75 Å². The fourth-order valence-electron chi connectivity index (χ4n) is 2.22.